The summed E-state index contributed by atoms with van der Waals surface area (Å²) >= 11 is 0. The molecule has 3 aromatic carbocycles. The van der Waals surface area contributed by atoms with Gasteiger partial charge in [0.25, 0.3) is 5.56 Å². The zero-order valence-electron chi connectivity index (χ0n) is 19.0. The fourth-order valence-electron chi connectivity index (χ4n) is 3.72. The first-order valence-corrected chi connectivity index (χ1v) is 11.1. The van der Waals surface area contributed by atoms with Crippen molar-refractivity contribution in [3.63, 3.8) is 0 Å². The highest BCUT2D eigenvalue weighted by Crippen LogP contribution is 2.29. The van der Waals surface area contributed by atoms with Crippen LogP contribution in [0.25, 0.3) is 33.5 Å². The lowest BCUT2D eigenvalue weighted by molar-refractivity contribution is 0.299. The molecule has 5 rings (SSSR count). The molecule has 172 valence electrons. The third-order valence-corrected chi connectivity index (χ3v) is 5.30. The van der Waals surface area contributed by atoms with E-state index in [1.54, 1.807) is 42.6 Å². The van der Waals surface area contributed by atoms with E-state index >= 15 is 0 Å². The summed E-state index contributed by atoms with van der Waals surface area (Å²) in [6, 6.07) is 22.0. The normalized spacial score (nSPS) is 11.2. The molecule has 0 aliphatic rings. The number of terminal acetylenes is 1. The average Bonchev–Trinajstić information content (AvgIpc) is 3.32. The first-order chi connectivity index (χ1) is 17.2. The molecule has 0 fully saturated rings. The number of nitrogens with zero attached hydrogens (tertiary/aromatic N) is 3. The fraction of sp³-hybridized carbons (Fsp3) is 0.107. The zero-order chi connectivity index (χ0) is 24.2. The lowest BCUT2D eigenvalue weighted by Crippen LogP contribution is -2.20. The molecule has 0 aliphatic carbocycles. The van der Waals surface area contributed by atoms with Gasteiger partial charge in [0.1, 0.15) is 12.2 Å². The summed E-state index contributed by atoms with van der Waals surface area (Å²) in [5, 5.41) is 5.86. The Morgan fingerprint density at radius 1 is 1.06 bits per heavy atom. The van der Waals surface area contributed by atoms with Crippen molar-refractivity contribution in [2.75, 3.05) is 13.2 Å². The van der Waals surface area contributed by atoms with Crippen LogP contribution in [0.15, 0.2) is 87.1 Å². The molecule has 0 N–H and O–H groups in total. The number of hydrogen-bond acceptors (Lipinski definition) is 6. The van der Waals surface area contributed by atoms with Gasteiger partial charge in [-0.25, -0.2) is 4.98 Å². The minimum atomic E-state index is -0.304. The Labute approximate surface area is 201 Å². The van der Waals surface area contributed by atoms with Gasteiger partial charge in [0.05, 0.1) is 23.7 Å². The summed E-state index contributed by atoms with van der Waals surface area (Å²) in [6.45, 7) is 2.47. The third-order valence-electron chi connectivity index (χ3n) is 5.30. The summed E-state index contributed by atoms with van der Waals surface area (Å²) < 4.78 is 18.5. The molecular weight excluding hydrogens is 442 g/mol. The largest absolute Gasteiger partial charge is 0.490 e. The number of rotatable bonds is 7. The van der Waals surface area contributed by atoms with Crippen LogP contribution in [0.2, 0.25) is 0 Å². The molecule has 0 spiro atoms. The van der Waals surface area contributed by atoms with Gasteiger partial charge in [0, 0.05) is 5.39 Å². The fourth-order valence-corrected chi connectivity index (χ4v) is 3.72. The number of fused-ring (bicyclic) bond motifs is 2. The van der Waals surface area contributed by atoms with Crippen LogP contribution in [0.4, 0.5) is 0 Å². The van der Waals surface area contributed by atoms with Crippen molar-refractivity contribution in [1.82, 2.24) is 9.66 Å². The van der Waals surface area contributed by atoms with Crippen LogP contribution in [0.1, 0.15) is 12.5 Å². The number of furan rings is 1. The van der Waals surface area contributed by atoms with Crippen molar-refractivity contribution in [2.24, 2.45) is 5.10 Å². The van der Waals surface area contributed by atoms with E-state index < -0.39 is 0 Å². The number of para-hydroxylation sites is 2. The molecule has 5 aromatic rings. The van der Waals surface area contributed by atoms with Gasteiger partial charge in [-0.3, -0.25) is 4.79 Å². The molecule has 0 amide bonds. The van der Waals surface area contributed by atoms with Crippen molar-refractivity contribution in [3.05, 3.63) is 88.7 Å². The smallest absolute Gasteiger partial charge is 0.282 e. The van der Waals surface area contributed by atoms with E-state index in [2.05, 4.69) is 11.0 Å². The van der Waals surface area contributed by atoms with Crippen LogP contribution >= 0.6 is 0 Å². The molecule has 0 bridgehead atoms. The molecule has 7 heteroatoms. The van der Waals surface area contributed by atoms with Gasteiger partial charge >= 0.3 is 0 Å². The SMILES string of the molecule is C#CCOc1ccc(C=Nn2c(-c3cc4ccccc4o3)nc3ccccc3c2=O)cc1OCC. The predicted molar refractivity (Wildman–Crippen MR) is 136 cm³/mol. The van der Waals surface area contributed by atoms with Gasteiger partial charge < -0.3 is 13.9 Å². The summed E-state index contributed by atoms with van der Waals surface area (Å²) in [6.07, 6.45) is 6.87. The van der Waals surface area contributed by atoms with Gasteiger partial charge in [-0.2, -0.15) is 9.78 Å². The molecule has 7 nitrogen and oxygen atoms in total. The molecule has 2 heterocycles. The second-order valence-electron chi connectivity index (χ2n) is 7.59. The molecular formula is C28H21N3O4. The number of aromatic nitrogens is 2. The Bertz CT molecular complexity index is 1620. The van der Waals surface area contributed by atoms with Crippen LogP contribution in [-0.4, -0.2) is 29.1 Å². The van der Waals surface area contributed by atoms with Gasteiger partial charge in [0.2, 0.25) is 5.82 Å². The van der Waals surface area contributed by atoms with Crippen LogP contribution in [-0.2, 0) is 0 Å². The van der Waals surface area contributed by atoms with Crippen molar-refractivity contribution < 1.29 is 13.9 Å². The van der Waals surface area contributed by atoms with Crippen LogP contribution in [0.5, 0.6) is 11.5 Å². The van der Waals surface area contributed by atoms with Crippen molar-refractivity contribution >= 4 is 28.1 Å². The first-order valence-electron chi connectivity index (χ1n) is 11.1. The lowest BCUT2D eigenvalue weighted by atomic mass is 10.2. The summed E-state index contributed by atoms with van der Waals surface area (Å²) in [5.41, 5.74) is 1.66. The van der Waals surface area contributed by atoms with E-state index in [1.807, 2.05) is 43.3 Å². The Balaban J connectivity index is 1.62. The van der Waals surface area contributed by atoms with Gasteiger partial charge in [-0.15, -0.1) is 6.42 Å². The van der Waals surface area contributed by atoms with Crippen molar-refractivity contribution in [1.29, 1.82) is 0 Å². The minimum Gasteiger partial charge on any atom is -0.490 e. The molecule has 0 saturated carbocycles. The maximum absolute atomic E-state index is 13.4. The summed E-state index contributed by atoms with van der Waals surface area (Å²) in [7, 11) is 0. The molecule has 0 radical (unpaired) electrons. The quantitative estimate of drug-likeness (QED) is 0.248. The van der Waals surface area contributed by atoms with Crippen LogP contribution in [0, 0.1) is 12.3 Å². The number of benzene rings is 3. The van der Waals surface area contributed by atoms with E-state index in [9.17, 15) is 4.79 Å². The van der Waals surface area contributed by atoms with E-state index in [-0.39, 0.29) is 12.2 Å². The average molecular weight is 463 g/mol. The Kier molecular flexibility index (Phi) is 6.01. The standard InChI is InChI=1S/C28H21N3O4/c1-3-15-34-24-14-13-19(16-25(24)33-4-2)18-29-31-27(26-17-20-9-5-8-12-23(20)35-26)30-22-11-7-6-10-21(22)28(31)32/h1,5-14,16-18H,4,15H2,2H3. The third kappa shape index (κ3) is 4.37. The Morgan fingerprint density at radius 2 is 1.89 bits per heavy atom. The Hall–Kier alpha value is -4.83. The number of ether oxygens (including phenoxy) is 2. The Morgan fingerprint density at radius 3 is 2.71 bits per heavy atom. The van der Waals surface area contributed by atoms with Gasteiger partial charge in [0.15, 0.2) is 17.3 Å². The monoisotopic (exact) mass is 463 g/mol. The topological polar surface area (TPSA) is 78.9 Å². The number of hydrogen-bond donors (Lipinski definition) is 0. The highest BCUT2D eigenvalue weighted by Gasteiger charge is 2.16. The molecule has 0 saturated heterocycles. The highest BCUT2D eigenvalue weighted by molar-refractivity contribution is 5.85. The molecule has 0 aliphatic heterocycles. The van der Waals surface area contributed by atoms with Crippen molar-refractivity contribution in [3.8, 4) is 35.4 Å². The molecule has 35 heavy (non-hydrogen) atoms. The maximum atomic E-state index is 13.4. The van der Waals surface area contributed by atoms with Crippen LogP contribution < -0.4 is 15.0 Å². The maximum Gasteiger partial charge on any atom is 0.282 e. The van der Waals surface area contributed by atoms with Gasteiger partial charge in [-0.05, 0) is 55.0 Å². The molecule has 2 aromatic heterocycles. The summed E-state index contributed by atoms with van der Waals surface area (Å²) in [5.74, 6) is 4.26. The molecule has 0 atom stereocenters. The second kappa shape index (κ2) is 9.57. The predicted octanol–water partition coefficient (Wildman–Crippen LogP) is 5.10. The summed E-state index contributed by atoms with van der Waals surface area (Å²) in [4.78, 5) is 18.1. The highest BCUT2D eigenvalue weighted by atomic mass is 16.5. The van der Waals surface area contributed by atoms with E-state index in [0.29, 0.717) is 51.7 Å². The first kappa shape index (κ1) is 22.0. The zero-order valence-corrected chi connectivity index (χ0v) is 19.0. The van der Waals surface area contributed by atoms with Crippen LogP contribution in [0.3, 0.4) is 0 Å². The lowest BCUT2D eigenvalue weighted by Gasteiger charge is -2.11. The molecule has 0 unspecified atom stereocenters. The van der Waals surface area contributed by atoms with Crippen molar-refractivity contribution in [2.45, 2.75) is 6.92 Å². The second-order valence-corrected chi connectivity index (χ2v) is 7.59. The van der Waals surface area contributed by atoms with E-state index in [1.165, 1.54) is 4.68 Å². The van der Waals surface area contributed by atoms with Gasteiger partial charge in [-0.1, -0.05) is 36.3 Å². The minimum absolute atomic E-state index is 0.131. The van der Waals surface area contributed by atoms with E-state index in [4.69, 9.17) is 25.3 Å². The van der Waals surface area contributed by atoms with E-state index in [0.717, 1.165) is 5.39 Å².